The van der Waals surface area contributed by atoms with E-state index in [2.05, 4.69) is 22.5 Å². The number of amides is 1. The molecule has 5 nitrogen and oxygen atoms in total. The van der Waals surface area contributed by atoms with Gasteiger partial charge in [-0.15, -0.1) is 0 Å². The SMILES string of the molecule is C=C[C@H](OC(=O)N(CC)CC)c1cc(OC)cc(OC)c1Br. The number of hydrogen-bond donors (Lipinski definition) is 0. The van der Waals surface area contributed by atoms with Crippen LogP contribution in [-0.4, -0.2) is 38.3 Å². The first-order valence-corrected chi connectivity index (χ1v) is 7.81. The molecule has 0 bridgehead atoms. The normalized spacial score (nSPS) is 11.5. The highest BCUT2D eigenvalue weighted by molar-refractivity contribution is 9.10. The predicted octanol–water partition coefficient (Wildman–Crippen LogP) is 4.17. The molecule has 1 atom stereocenters. The van der Waals surface area contributed by atoms with E-state index in [1.54, 1.807) is 37.3 Å². The van der Waals surface area contributed by atoms with E-state index in [1.165, 1.54) is 0 Å². The van der Waals surface area contributed by atoms with Crippen LogP contribution in [0.3, 0.4) is 0 Å². The van der Waals surface area contributed by atoms with E-state index in [0.717, 1.165) is 0 Å². The van der Waals surface area contributed by atoms with E-state index < -0.39 is 6.10 Å². The minimum Gasteiger partial charge on any atom is -0.497 e. The topological polar surface area (TPSA) is 48.0 Å². The number of methoxy groups -OCH3 is 2. The number of carbonyl (C=O) groups is 1. The highest BCUT2D eigenvalue weighted by atomic mass is 79.9. The molecule has 1 amide bonds. The van der Waals surface area contributed by atoms with Crippen molar-refractivity contribution in [3.05, 3.63) is 34.8 Å². The lowest BCUT2D eigenvalue weighted by Crippen LogP contribution is -2.31. The Kier molecular flexibility index (Phi) is 7.24. The van der Waals surface area contributed by atoms with E-state index >= 15 is 0 Å². The van der Waals surface area contributed by atoms with E-state index in [4.69, 9.17) is 14.2 Å². The Labute approximate surface area is 140 Å². The molecule has 0 saturated carbocycles. The molecule has 1 aromatic rings. The fraction of sp³-hybridized carbons (Fsp3) is 0.438. The molecule has 0 heterocycles. The first-order valence-electron chi connectivity index (χ1n) is 7.01. The lowest BCUT2D eigenvalue weighted by Gasteiger charge is -2.23. The fourth-order valence-corrected chi connectivity index (χ4v) is 2.59. The van der Waals surface area contributed by atoms with Gasteiger partial charge in [-0.05, 0) is 41.9 Å². The van der Waals surface area contributed by atoms with Gasteiger partial charge in [0.15, 0.2) is 0 Å². The van der Waals surface area contributed by atoms with Crippen LogP contribution >= 0.6 is 15.9 Å². The van der Waals surface area contributed by atoms with Gasteiger partial charge in [-0.1, -0.05) is 6.58 Å². The van der Waals surface area contributed by atoms with Crippen LogP contribution in [0.2, 0.25) is 0 Å². The molecule has 0 N–H and O–H groups in total. The Morgan fingerprint density at radius 2 is 1.95 bits per heavy atom. The third kappa shape index (κ3) is 4.16. The maximum atomic E-state index is 12.1. The highest BCUT2D eigenvalue weighted by Crippen LogP contribution is 2.38. The van der Waals surface area contributed by atoms with Gasteiger partial charge in [0.05, 0.1) is 18.7 Å². The molecule has 0 aliphatic heterocycles. The lowest BCUT2D eigenvalue weighted by molar-refractivity contribution is 0.0828. The van der Waals surface area contributed by atoms with Gasteiger partial charge in [-0.3, -0.25) is 0 Å². The van der Waals surface area contributed by atoms with Crippen molar-refractivity contribution in [2.24, 2.45) is 0 Å². The zero-order chi connectivity index (χ0) is 16.7. The number of carbonyl (C=O) groups excluding carboxylic acids is 1. The molecular weight excluding hydrogens is 350 g/mol. The zero-order valence-electron chi connectivity index (χ0n) is 13.4. The Bertz CT molecular complexity index is 529. The number of halogens is 1. The number of hydrogen-bond acceptors (Lipinski definition) is 4. The summed E-state index contributed by atoms with van der Waals surface area (Å²) in [5.41, 5.74) is 0.715. The van der Waals surface area contributed by atoms with Crippen LogP contribution < -0.4 is 9.47 Å². The van der Waals surface area contributed by atoms with E-state index in [9.17, 15) is 4.79 Å². The van der Waals surface area contributed by atoms with Crippen LogP contribution in [0.4, 0.5) is 4.79 Å². The summed E-state index contributed by atoms with van der Waals surface area (Å²) in [5.74, 6) is 1.21. The first kappa shape index (κ1) is 18.4. The van der Waals surface area contributed by atoms with Crippen LogP contribution in [-0.2, 0) is 4.74 Å². The van der Waals surface area contributed by atoms with Crippen molar-refractivity contribution in [3.63, 3.8) is 0 Å². The monoisotopic (exact) mass is 371 g/mol. The van der Waals surface area contributed by atoms with E-state index in [0.29, 0.717) is 34.6 Å². The average molecular weight is 372 g/mol. The summed E-state index contributed by atoms with van der Waals surface area (Å²) in [6.45, 7) is 8.73. The summed E-state index contributed by atoms with van der Waals surface area (Å²) >= 11 is 3.47. The third-order valence-corrected chi connectivity index (χ3v) is 4.12. The van der Waals surface area contributed by atoms with Gasteiger partial charge >= 0.3 is 6.09 Å². The minimum atomic E-state index is -0.605. The van der Waals surface area contributed by atoms with Crippen LogP contribution in [0.15, 0.2) is 29.3 Å². The number of ether oxygens (including phenoxy) is 3. The second-order valence-corrected chi connectivity index (χ2v) is 5.24. The molecule has 0 aromatic heterocycles. The smallest absolute Gasteiger partial charge is 0.410 e. The second-order valence-electron chi connectivity index (χ2n) is 4.45. The van der Waals surface area contributed by atoms with Crippen LogP contribution in [0.5, 0.6) is 11.5 Å². The first-order chi connectivity index (χ1) is 10.5. The van der Waals surface area contributed by atoms with Crippen molar-refractivity contribution in [1.29, 1.82) is 0 Å². The molecule has 0 aliphatic carbocycles. The van der Waals surface area contributed by atoms with Gasteiger partial charge in [-0.25, -0.2) is 4.79 Å². The Morgan fingerprint density at radius 1 is 1.32 bits per heavy atom. The van der Waals surface area contributed by atoms with Gasteiger partial charge in [-0.2, -0.15) is 0 Å². The molecule has 0 fully saturated rings. The molecular formula is C16H22BrNO4. The predicted molar refractivity (Wildman–Crippen MR) is 89.6 cm³/mol. The summed E-state index contributed by atoms with van der Waals surface area (Å²) in [7, 11) is 3.13. The molecule has 0 spiro atoms. The van der Waals surface area contributed by atoms with E-state index in [1.807, 2.05) is 13.8 Å². The van der Waals surface area contributed by atoms with Crippen molar-refractivity contribution in [2.45, 2.75) is 20.0 Å². The zero-order valence-corrected chi connectivity index (χ0v) is 15.0. The standard InChI is InChI=1S/C16H22BrNO4/c1-6-13(22-16(19)18(7-2)8-3)12-9-11(20-4)10-14(21-5)15(12)17/h6,9-10,13H,1,7-8H2,2-5H3/t13-/m0/s1. The van der Waals surface area contributed by atoms with Gasteiger partial charge in [0, 0.05) is 24.7 Å². The van der Waals surface area contributed by atoms with Gasteiger partial charge < -0.3 is 19.1 Å². The minimum absolute atomic E-state index is 0.386. The quantitative estimate of drug-likeness (QED) is 0.674. The van der Waals surface area contributed by atoms with Crippen LogP contribution in [0.25, 0.3) is 0 Å². The molecule has 0 aliphatic rings. The molecule has 1 aromatic carbocycles. The van der Waals surface area contributed by atoms with Crippen molar-refractivity contribution in [2.75, 3.05) is 27.3 Å². The van der Waals surface area contributed by atoms with Crippen molar-refractivity contribution in [3.8, 4) is 11.5 Å². The van der Waals surface area contributed by atoms with Crippen molar-refractivity contribution in [1.82, 2.24) is 4.90 Å². The van der Waals surface area contributed by atoms with E-state index in [-0.39, 0.29) is 6.09 Å². The molecule has 22 heavy (non-hydrogen) atoms. The molecule has 122 valence electrons. The molecule has 0 saturated heterocycles. The molecule has 0 unspecified atom stereocenters. The summed E-state index contributed by atoms with van der Waals surface area (Å²) in [6.07, 6.45) is 0.579. The second kappa shape index (κ2) is 8.68. The lowest BCUT2D eigenvalue weighted by atomic mass is 10.1. The summed E-state index contributed by atoms with van der Waals surface area (Å²) in [4.78, 5) is 13.7. The summed E-state index contributed by atoms with van der Waals surface area (Å²) in [6, 6.07) is 3.54. The maximum absolute atomic E-state index is 12.1. The maximum Gasteiger partial charge on any atom is 0.410 e. The van der Waals surface area contributed by atoms with Crippen LogP contribution in [0.1, 0.15) is 25.5 Å². The van der Waals surface area contributed by atoms with Gasteiger partial charge in [0.2, 0.25) is 0 Å². The van der Waals surface area contributed by atoms with Gasteiger partial charge in [0.1, 0.15) is 17.6 Å². The molecule has 1 rings (SSSR count). The molecule has 6 heteroatoms. The Morgan fingerprint density at radius 3 is 2.41 bits per heavy atom. The average Bonchev–Trinajstić information content (AvgIpc) is 2.54. The number of nitrogens with zero attached hydrogens (tertiary/aromatic N) is 1. The summed E-state index contributed by atoms with van der Waals surface area (Å²) < 4.78 is 16.8. The Hall–Kier alpha value is -1.69. The highest BCUT2D eigenvalue weighted by Gasteiger charge is 2.22. The van der Waals surface area contributed by atoms with Gasteiger partial charge in [0.25, 0.3) is 0 Å². The Balaban J connectivity index is 3.14. The third-order valence-electron chi connectivity index (χ3n) is 3.27. The van der Waals surface area contributed by atoms with Crippen molar-refractivity contribution >= 4 is 22.0 Å². The molecule has 0 radical (unpaired) electrons. The van der Waals surface area contributed by atoms with Crippen molar-refractivity contribution < 1.29 is 19.0 Å². The fourth-order valence-electron chi connectivity index (χ4n) is 1.97. The number of rotatable bonds is 7. The summed E-state index contributed by atoms with van der Waals surface area (Å²) in [5, 5.41) is 0. The van der Waals surface area contributed by atoms with Crippen LogP contribution in [0, 0.1) is 0 Å². The largest absolute Gasteiger partial charge is 0.497 e. The number of benzene rings is 1.